The number of nitrogens with one attached hydrogen (secondary N) is 1. The summed E-state index contributed by atoms with van der Waals surface area (Å²) < 4.78 is 5.19. The van der Waals surface area contributed by atoms with Crippen molar-refractivity contribution in [3.8, 4) is 0 Å². The van der Waals surface area contributed by atoms with Gasteiger partial charge in [-0.25, -0.2) is 4.79 Å². The van der Waals surface area contributed by atoms with Gasteiger partial charge in [-0.15, -0.1) is 0 Å². The van der Waals surface area contributed by atoms with Crippen LogP contribution in [0.1, 0.15) is 37.5 Å². The molecule has 1 atom stereocenters. The molecule has 0 bridgehead atoms. The molecule has 0 heterocycles. The Kier molecular flexibility index (Phi) is 5.57. The van der Waals surface area contributed by atoms with Gasteiger partial charge in [-0.3, -0.25) is 0 Å². The molecule has 0 saturated heterocycles. The van der Waals surface area contributed by atoms with Crippen LogP contribution in [0.15, 0.2) is 18.2 Å². The lowest BCUT2D eigenvalue weighted by atomic mass is 10.0. The molecule has 0 spiro atoms. The SMILES string of the molecule is Cc1ccc(CC(CO)NC(=O)OC(C)(C)C)cc1C. The average molecular weight is 279 g/mol. The Morgan fingerprint density at radius 2 is 1.95 bits per heavy atom. The highest BCUT2D eigenvalue weighted by Crippen LogP contribution is 2.12. The number of carbonyl (C=O) groups is 1. The molecule has 1 aromatic carbocycles. The largest absolute Gasteiger partial charge is 0.444 e. The van der Waals surface area contributed by atoms with Crippen molar-refractivity contribution in [3.05, 3.63) is 34.9 Å². The Labute approximate surface area is 121 Å². The highest BCUT2D eigenvalue weighted by molar-refractivity contribution is 5.68. The van der Waals surface area contributed by atoms with Crippen molar-refractivity contribution in [2.24, 2.45) is 0 Å². The minimum atomic E-state index is -0.537. The molecule has 0 fully saturated rings. The number of rotatable bonds is 4. The van der Waals surface area contributed by atoms with E-state index in [4.69, 9.17) is 4.74 Å². The lowest BCUT2D eigenvalue weighted by molar-refractivity contribution is 0.0483. The molecule has 20 heavy (non-hydrogen) atoms. The molecule has 0 aliphatic carbocycles. The fourth-order valence-corrected chi connectivity index (χ4v) is 1.85. The predicted octanol–water partition coefficient (Wildman–Crippen LogP) is 2.73. The molecule has 0 radical (unpaired) electrons. The summed E-state index contributed by atoms with van der Waals surface area (Å²) in [6.07, 6.45) is 0.0806. The predicted molar refractivity (Wildman–Crippen MR) is 79.9 cm³/mol. The smallest absolute Gasteiger partial charge is 0.407 e. The van der Waals surface area contributed by atoms with Gasteiger partial charge in [0.1, 0.15) is 5.60 Å². The van der Waals surface area contributed by atoms with Gasteiger partial charge in [0.05, 0.1) is 12.6 Å². The van der Waals surface area contributed by atoms with Gasteiger partial charge in [0.15, 0.2) is 0 Å². The molecular weight excluding hydrogens is 254 g/mol. The standard InChI is InChI=1S/C16H25NO3/c1-11-6-7-13(8-12(11)2)9-14(10-18)17-15(19)20-16(3,4)5/h6-8,14,18H,9-10H2,1-5H3,(H,17,19). The van der Waals surface area contributed by atoms with Crippen LogP contribution in [0.2, 0.25) is 0 Å². The van der Waals surface area contributed by atoms with Crippen molar-refractivity contribution in [2.45, 2.75) is 52.7 Å². The number of amides is 1. The fourth-order valence-electron chi connectivity index (χ4n) is 1.85. The van der Waals surface area contributed by atoms with Gasteiger partial charge >= 0.3 is 6.09 Å². The van der Waals surface area contributed by atoms with Gasteiger partial charge in [-0.1, -0.05) is 18.2 Å². The molecule has 1 aromatic rings. The molecule has 0 aliphatic heterocycles. The van der Waals surface area contributed by atoms with Gasteiger partial charge in [0, 0.05) is 0 Å². The van der Waals surface area contributed by atoms with Crippen LogP contribution in [-0.2, 0) is 11.2 Å². The number of benzene rings is 1. The average Bonchev–Trinajstić information content (AvgIpc) is 2.30. The first kappa shape index (κ1) is 16.5. The zero-order valence-corrected chi connectivity index (χ0v) is 13.0. The molecule has 112 valence electrons. The number of ether oxygens (including phenoxy) is 1. The maximum Gasteiger partial charge on any atom is 0.407 e. The summed E-state index contributed by atoms with van der Waals surface area (Å²) >= 11 is 0. The van der Waals surface area contributed by atoms with Crippen molar-refractivity contribution in [2.75, 3.05) is 6.61 Å². The number of hydrogen-bond acceptors (Lipinski definition) is 3. The van der Waals surface area contributed by atoms with E-state index in [1.807, 2.05) is 39.8 Å². The second kappa shape index (κ2) is 6.75. The quantitative estimate of drug-likeness (QED) is 0.891. The van der Waals surface area contributed by atoms with Crippen LogP contribution in [-0.4, -0.2) is 29.4 Å². The third-order valence-corrected chi connectivity index (χ3v) is 2.99. The van der Waals surface area contributed by atoms with Crippen molar-refractivity contribution < 1.29 is 14.6 Å². The zero-order chi connectivity index (χ0) is 15.3. The number of alkyl carbamates (subject to hydrolysis) is 1. The van der Waals surface area contributed by atoms with E-state index in [-0.39, 0.29) is 12.6 Å². The summed E-state index contributed by atoms with van der Waals surface area (Å²) in [5, 5.41) is 12.1. The molecule has 4 nitrogen and oxygen atoms in total. The van der Waals surface area contributed by atoms with Crippen molar-refractivity contribution in [1.29, 1.82) is 0 Å². The molecular formula is C16H25NO3. The van der Waals surface area contributed by atoms with Crippen LogP contribution in [0.3, 0.4) is 0 Å². The van der Waals surface area contributed by atoms with E-state index in [0.717, 1.165) is 5.56 Å². The van der Waals surface area contributed by atoms with Crippen LogP contribution >= 0.6 is 0 Å². The van der Waals surface area contributed by atoms with E-state index in [1.165, 1.54) is 11.1 Å². The van der Waals surface area contributed by atoms with Gasteiger partial charge in [-0.05, 0) is 57.7 Å². The van der Waals surface area contributed by atoms with Crippen LogP contribution in [0.4, 0.5) is 4.79 Å². The van der Waals surface area contributed by atoms with E-state index in [0.29, 0.717) is 6.42 Å². The van der Waals surface area contributed by atoms with Crippen LogP contribution in [0.5, 0.6) is 0 Å². The molecule has 0 aromatic heterocycles. The molecule has 1 unspecified atom stereocenters. The van der Waals surface area contributed by atoms with E-state index in [2.05, 4.69) is 18.3 Å². The minimum absolute atomic E-state index is 0.119. The number of aryl methyl sites for hydroxylation is 2. The first-order valence-corrected chi connectivity index (χ1v) is 6.88. The molecule has 0 saturated carbocycles. The topological polar surface area (TPSA) is 58.6 Å². The molecule has 1 amide bonds. The Hall–Kier alpha value is -1.55. The highest BCUT2D eigenvalue weighted by atomic mass is 16.6. The van der Waals surface area contributed by atoms with Crippen LogP contribution in [0.25, 0.3) is 0 Å². The molecule has 1 rings (SSSR count). The number of hydrogen-bond donors (Lipinski definition) is 2. The van der Waals surface area contributed by atoms with E-state index in [9.17, 15) is 9.90 Å². The normalized spacial score (nSPS) is 12.9. The van der Waals surface area contributed by atoms with Crippen LogP contribution < -0.4 is 5.32 Å². The summed E-state index contributed by atoms with van der Waals surface area (Å²) in [6, 6.07) is 5.80. The van der Waals surface area contributed by atoms with E-state index in [1.54, 1.807) is 0 Å². The van der Waals surface area contributed by atoms with Crippen molar-refractivity contribution >= 4 is 6.09 Å². The van der Waals surface area contributed by atoms with Gasteiger partial charge in [0.2, 0.25) is 0 Å². The molecule has 0 aliphatic rings. The van der Waals surface area contributed by atoms with Gasteiger partial charge in [-0.2, -0.15) is 0 Å². The second-order valence-electron chi connectivity index (χ2n) is 6.15. The fraction of sp³-hybridized carbons (Fsp3) is 0.562. The monoisotopic (exact) mass is 279 g/mol. The Balaban J connectivity index is 2.63. The van der Waals surface area contributed by atoms with Crippen molar-refractivity contribution in [3.63, 3.8) is 0 Å². The maximum atomic E-state index is 11.7. The van der Waals surface area contributed by atoms with Gasteiger partial charge in [0.25, 0.3) is 0 Å². The summed E-state index contributed by atoms with van der Waals surface area (Å²) in [5.74, 6) is 0. The summed E-state index contributed by atoms with van der Waals surface area (Å²) in [6.45, 7) is 9.42. The summed E-state index contributed by atoms with van der Waals surface area (Å²) in [4.78, 5) is 11.7. The molecule has 2 N–H and O–H groups in total. The zero-order valence-electron chi connectivity index (χ0n) is 13.0. The molecule has 4 heteroatoms. The third-order valence-electron chi connectivity index (χ3n) is 2.99. The Morgan fingerprint density at radius 3 is 2.45 bits per heavy atom. The first-order valence-electron chi connectivity index (χ1n) is 6.88. The summed E-state index contributed by atoms with van der Waals surface area (Å²) in [7, 11) is 0. The lowest BCUT2D eigenvalue weighted by Crippen LogP contribution is -2.42. The van der Waals surface area contributed by atoms with E-state index < -0.39 is 11.7 Å². The second-order valence-corrected chi connectivity index (χ2v) is 6.15. The minimum Gasteiger partial charge on any atom is -0.444 e. The number of aliphatic hydroxyl groups is 1. The maximum absolute atomic E-state index is 11.7. The summed E-state index contributed by atoms with van der Waals surface area (Å²) in [5.41, 5.74) is 2.99. The van der Waals surface area contributed by atoms with Crippen LogP contribution in [0, 0.1) is 13.8 Å². The Morgan fingerprint density at radius 1 is 1.30 bits per heavy atom. The van der Waals surface area contributed by atoms with Gasteiger partial charge < -0.3 is 15.2 Å². The van der Waals surface area contributed by atoms with Crippen molar-refractivity contribution in [1.82, 2.24) is 5.32 Å². The third kappa shape index (κ3) is 5.61. The highest BCUT2D eigenvalue weighted by Gasteiger charge is 2.19. The first-order chi connectivity index (χ1) is 9.21. The number of carbonyl (C=O) groups excluding carboxylic acids is 1. The number of aliphatic hydroxyl groups excluding tert-OH is 1. The Bertz CT molecular complexity index is 463. The lowest BCUT2D eigenvalue weighted by Gasteiger charge is -2.23. The van der Waals surface area contributed by atoms with E-state index >= 15 is 0 Å².